The highest BCUT2D eigenvalue weighted by molar-refractivity contribution is 7.45. The molecule has 0 aromatic rings. The van der Waals surface area contributed by atoms with Crippen molar-refractivity contribution >= 4 is 19.7 Å². The van der Waals surface area contributed by atoms with E-state index in [1.165, 1.54) is 148 Å². The Hall–Kier alpha value is -2.29. The van der Waals surface area contributed by atoms with E-state index in [4.69, 9.17) is 13.8 Å². The van der Waals surface area contributed by atoms with Crippen molar-refractivity contribution in [1.82, 2.24) is 5.32 Å². The second-order valence-corrected chi connectivity index (χ2v) is 23.6. The summed E-state index contributed by atoms with van der Waals surface area (Å²) in [7, 11) is 1.18. The van der Waals surface area contributed by atoms with Crippen LogP contribution in [0, 0.1) is 0 Å². The van der Waals surface area contributed by atoms with Crippen LogP contribution < -0.4 is 10.2 Å². The lowest BCUT2D eigenvalue weighted by molar-refractivity contribution is -0.870. The quantitative estimate of drug-likeness (QED) is 0.0212. The Morgan fingerprint density at radius 1 is 0.486 bits per heavy atom. The van der Waals surface area contributed by atoms with Crippen LogP contribution in [0.25, 0.3) is 0 Å². The summed E-state index contributed by atoms with van der Waals surface area (Å²) in [4.78, 5) is 39.9. The molecule has 0 saturated heterocycles. The molecule has 0 aliphatic carbocycles. The SMILES string of the molecule is CC/C=C/C/C=C/C/C=C/CCCCCCCCC(=O)NC(COP(=O)([O-])OCC[N+](C)(C)C)C(/C=C/CCCCCCCCCCC)OC(=O)CCCCCCCCCCCCC/C=C/CCCCCCCC. The van der Waals surface area contributed by atoms with Gasteiger partial charge in [-0.2, -0.15) is 0 Å². The number of hydrogen-bond acceptors (Lipinski definition) is 7. The lowest BCUT2D eigenvalue weighted by atomic mass is 10.0. The minimum atomic E-state index is -4.70. The van der Waals surface area contributed by atoms with E-state index in [-0.39, 0.29) is 24.9 Å². The van der Waals surface area contributed by atoms with E-state index in [9.17, 15) is 19.0 Å². The molecule has 0 aliphatic rings. The molecule has 9 nitrogen and oxygen atoms in total. The number of unbranched alkanes of at least 4 members (excludes halogenated alkanes) is 32. The fourth-order valence-corrected chi connectivity index (χ4v) is 9.61. The van der Waals surface area contributed by atoms with Crippen molar-refractivity contribution in [1.29, 1.82) is 0 Å². The molecule has 3 unspecified atom stereocenters. The van der Waals surface area contributed by atoms with Gasteiger partial charge in [-0.05, 0) is 89.5 Å². The monoisotopic (exact) mass is 1060 g/mol. The number of hydrogen-bond donors (Lipinski definition) is 1. The molecule has 0 bridgehead atoms. The minimum Gasteiger partial charge on any atom is -0.756 e. The predicted octanol–water partition coefficient (Wildman–Crippen LogP) is 18.4. The number of ether oxygens (including phenoxy) is 1. The number of phosphoric ester groups is 1. The molecule has 1 N–H and O–H groups in total. The third-order valence-electron chi connectivity index (χ3n) is 13.7. The average Bonchev–Trinajstić information content (AvgIpc) is 3.36. The summed E-state index contributed by atoms with van der Waals surface area (Å²) in [5.74, 6) is -0.552. The first-order valence-electron chi connectivity index (χ1n) is 31.1. The summed E-state index contributed by atoms with van der Waals surface area (Å²) in [5.41, 5.74) is 0. The zero-order valence-corrected chi connectivity index (χ0v) is 50.2. The van der Waals surface area contributed by atoms with Crippen LogP contribution in [-0.4, -0.2) is 69.4 Å². The van der Waals surface area contributed by atoms with Crippen LogP contribution in [-0.2, 0) is 27.9 Å². The average molecular weight is 1060 g/mol. The van der Waals surface area contributed by atoms with Crippen LogP contribution in [0.4, 0.5) is 0 Å². The maximum absolute atomic E-state index is 13.5. The van der Waals surface area contributed by atoms with Gasteiger partial charge in [-0.3, -0.25) is 14.2 Å². The highest BCUT2D eigenvalue weighted by Gasteiger charge is 2.27. The van der Waals surface area contributed by atoms with E-state index in [1.807, 2.05) is 33.3 Å². The van der Waals surface area contributed by atoms with Gasteiger partial charge in [-0.25, -0.2) is 0 Å². The molecule has 10 heteroatoms. The third-order valence-corrected chi connectivity index (χ3v) is 14.6. The minimum absolute atomic E-state index is 0.0260. The number of likely N-dealkylation sites (N-methyl/N-ethyl adjacent to an activating group) is 1. The van der Waals surface area contributed by atoms with Crippen LogP contribution >= 0.6 is 7.82 Å². The number of carbonyl (C=O) groups excluding carboxylic acids is 2. The van der Waals surface area contributed by atoms with Gasteiger partial charge in [-0.1, -0.05) is 242 Å². The lowest BCUT2D eigenvalue weighted by Crippen LogP contribution is -2.47. The summed E-state index contributed by atoms with van der Waals surface area (Å²) >= 11 is 0. The molecule has 0 rings (SSSR count). The Balaban J connectivity index is 5.19. The van der Waals surface area contributed by atoms with Crippen molar-refractivity contribution in [3.05, 3.63) is 60.8 Å². The zero-order valence-electron chi connectivity index (χ0n) is 49.3. The van der Waals surface area contributed by atoms with Crippen molar-refractivity contribution in [3.8, 4) is 0 Å². The summed E-state index contributed by atoms with van der Waals surface area (Å²) in [6.07, 6.45) is 67.6. The van der Waals surface area contributed by atoms with E-state index in [0.29, 0.717) is 17.4 Å². The van der Waals surface area contributed by atoms with Gasteiger partial charge in [0.05, 0.1) is 33.8 Å². The van der Waals surface area contributed by atoms with Crippen molar-refractivity contribution < 1.29 is 37.3 Å². The number of nitrogens with zero attached hydrogens (tertiary/aromatic N) is 1. The molecule has 3 atom stereocenters. The Labute approximate surface area is 458 Å². The van der Waals surface area contributed by atoms with Crippen LogP contribution in [0.1, 0.15) is 284 Å². The summed E-state index contributed by atoms with van der Waals surface area (Å²) < 4.78 is 30.3. The smallest absolute Gasteiger partial charge is 0.306 e. The van der Waals surface area contributed by atoms with E-state index < -0.39 is 26.6 Å². The summed E-state index contributed by atoms with van der Waals surface area (Å²) in [6, 6.07) is -0.895. The standard InChI is InChI=1S/C64H119N2O7P/c1-7-10-13-16-19-22-25-27-29-31-32-33-34-35-37-39-42-45-48-51-54-57-64(68)73-62(55-52-49-46-43-40-24-21-18-15-12-9-3)61(60-72-74(69,70)71-59-58-66(4,5)6)65-63(67)56-53-50-47-44-41-38-36-30-28-26-23-20-17-14-11-8-2/h11,14,20,23,27-30,52,55,61-62H,7-10,12-13,15-19,21-22,24-26,31-51,53-54,56-60H2,1-6H3,(H-,65,67,69,70)/b14-11+,23-20+,29-27+,30-28+,55-52+. The van der Waals surface area contributed by atoms with Gasteiger partial charge in [0.2, 0.25) is 5.91 Å². The number of esters is 1. The first-order chi connectivity index (χ1) is 35.9. The Morgan fingerprint density at radius 2 is 0.865 bits per heavy atom. The highest BCUT2D eigenvalue weighted by atomic mass is 31.2. The summed E-state index contributed by atoms with van der Waals surface area (Å²) in [6.45, 7) is 6.73. The molecular weight excluding hydrogens is 940 g/mol. The predicted molar refractivity (Wildman–Crippen MR) is 316 cm³/mol. The molecule has 0 aromatic carbocycles. The Morgan fingerprint density at radius 3 is 1.31 bits per heavy atom. The fraction of sp³-hybridized carbons (Fsp3) is 0.812. The normalized spacial score (nSPS) is 14.1. The van der Waals surface area contributed by atoms with Crippen LogP contribution in [0.3, 0.4) is 0 Å². The van der Waals surface area contributed by atoms with Crippen molar-refractivity contribution in [3.63, 3.8) is 0 Å². The third kappa shape index (κ3) is 54.5. The second kappa shape index (κ2) is 54.1. The molecule has 1 amide bonds. The first kappa shape index (κ1) is 71.7. The van der Waals surface area contributed by atoms with Gasteiger partial charge in [0.15, 0.2) is 0 Å². The number of phosphoric acid groups is 1. The zero-order chi connectivity index (χ0) is 54.3. The largest absolute Gasteiger partial charge is 0.756 e. The number of carbonyl (C=O) groups is 2. The number of nitrogens with one attached hydrogen (secondary N) is 1. The van der Waals surface area contributed by atoms with Crippen molar-refractivity contribution in [2.45, 2.75) is 296 Å². The van der Waals surface area contributed by atoms with Gasteiger partial charge < -0.3 is 28.5 Å². The first-order valence-corrected chi connectivity index (χ1v) is 32.6. The number of allylic oxidation sites excluding steroid dienone is 9. The van der Waals surface area contributed by atoms with Gasteiger partial charge >= 0.3 is 5.97 Å². The van der Waals surface area contributed by atoms with E-state index >= 15 is 0 Å². The maximum atomic E-state index is 13.5. The van der Waals surface area contributed by atoms with Gasteiger partial charge in [0.25, 0.3) is 7.82 Å². The van der Waals surface area contributed by atoms with Crippen LogP contribution in [0.15, 0.2) is 60.8 Å². The molecule has 0 spiro atoms. The van der Waals surface area contributed by atoms with Gasteiger partial charge in [0.1, 0.15) is 19.3 Å². The Kier molecular flexibility index (Phi) is 52.4. The lowest BCUT2D eigenvalue weighted by Gasteiger charge is -2.30. The molecule has 74 heavy (non-hydrogen) atoms. The maximum Gasteiger partial charge on any atom is 0.306 e. The van der Waals surface area contributed by atoms with E-state index in [2.05, 4.69) is 74.7 Å². The molecule has 0 radical (unpaired) electrons. The van der Waals surface area contributed by atoms with E-state index in [1.54, 1.807) is 0 Å². The van der Waals surface area contributed by atoms with Crippen LogP contribution in [0.5, 0.6) is 0 Å². The molecule has 0 saturated carbocycles. The molecule has 0 aliphatic heterocycles. The van der Waals surface area contributed by atoms with E-state index in [0.717, 1.165) is 103 Å². The number of quaternary nitrogens is 1. The highest BCUT2D eigenvalue weighted by Crippen LogP contribution is 2.38. The second-order valence-electron chi connectivity index (χ2n) is 22.2. The topological polar surface area (TPSA) is 114 Å². The summed E-state index contributed by atoms with van der Waals surface area (Å²) in [5, 5.41) is 3.02. The van der Waals surface area contributed by atoms with Crippen molar-refractivity contribution in [2.75, 3.05) is 40.9 Å². The molecular formula is C64H119N2O7P. The Bertz CT molecular complexity index is 1450. The molecule has 0 fully saturated rings. The van der Waals surface area contributed by atoms with Gasteiger partial charge in [-0.15, -0.1) is 0 Å². The van der Waals surface area contributed by atoms with Crippen LogP contribution in [0.2, 0.25) is 0 Å². The molecule has 0 heterocycles. The number of amides is 1. The van der Waals surface area contributed by atoms with Gasteiger partial charge in [0, 0.05) is 12.8 Å². The molecule has 0 aromatic heterocycles. The fourth-order valence-electron chi connectivity index (χ4n) is 8.88. The number of rotatable bonds is 56. The van der Waals surface area contributed by atoms with Crippen molar-refractivity contribution in [2.24, 2.45) is 0 Å². The molecule has 432 valence electrons.